The SMILES string of the molecule is CC1CN(c2ccc(Cl)c(Cl)c2)N=C1NC(=O)CCCNC(=O)CN1CCN(CC2CCNCC2)CC1.Cl.Cl.Cl. The van der Waals surface area contributed by atoms with Crippen LogP contribution in [0.3, 0.4) is 0 Å². The van der Waals surface area contributed by atoms with Crippen LogP contribution in [0, 0.1) is 11.8 Å². The predicted octanol–water partition coefficient (Wildman–Crippen LogP) is 3.66. The van der Waals surface area contributed by atoms with Crippen molar-refractivity contribution in [3.05, 3.63) is 28.2 Å². The fourth-order valence-corrected chi connectivity index (χ4v) is 5.37. The zero-order valence-corrected chi connectivity index (χ0v) is 26.8. The summed E-state index contributed by atoms with van der Waals surface area (Å²) in [6.45, 7) is 11.0. The first-order valence-corrected chi connectivity index (χ1v) is 14.2. The van der Waals surface area contributed by atoms with Crippen molar-refractivity contribution >= 4 is 83.8 Å². The number of hydrogen-bond donors (Lipinski definition) is 3. The Balaban J connectivity index is 0.00000267. The second kappa shape index (κ2) is 18.5. The lowest BCUT2D eigenvalue weighted by atomic mass is 9.97. The Morgan fingerprint density at radius 3 is 2.35 bits per heavy atom. The molecule has 9 nitrogen and oxygen atoms in total. The summed E-state index contributed by atoms with van der Waals surface area (Å²) in [5.74, 6) is 1.45. The van der Waals surface area contributed by atoms with Gasteiger partial charge in [0.15, 0.2) is 0 Å². The summed E-state index contributed by atoms with van der Waals surface area (Å²) >= 11 is 12.1. The van der Waals surface area contributed by atoms with Crippen LogP contribution in [0.1, 0.15) is 32.6 Å². The molecule has 3 aliphatic heterocycles. The van der Waals surface area contributed by atoms with E-state index < -0.39 is 0 Å². The number of amidine groups is 1. The molecule has 2 saturated heterocycles. The van der Waals surface area contributed by atoms with E-state index in [0.29, 0.717) is 48.4 Å². The van der Waals surface area contributed by atoms with E-state index >= 15 is 0 Å². The molecule has 3 N–H and O–H groups in total. The molecule has 0 aromatic heterocycles. The number of carbonyl (C=O) groups excluding carboxylic acids is 2. The van der Waals surface area contributed by atoms with Gasteiger partial charge in [-0.05, 0) is 56.5 Å². The number of amides is 2. The lowest BCUT2D eigenvalue weighted by molar-refractivity contribution is -0.123. The maximum Gasteiger partial charge on any atom is 0.234 e. The van der Waals surface area contributed by atoms with Crippen LogP contribution in [0.25, 0.3) is 0 Å². The van der Waals surface area contributed by atoms with Crippen molar-refractivity contribution in [2.75, 3.05) is 70.5 Å². The molecule has 2 fully saturated rings. The molecule has 1 aromatic carbocycles. The lowest BCUT2D eigenvalue weighted by Crippen LogP contribution is -2.51. The highest BCUT2D eigenvalue weighted by Crippen LogP contribution is 2.29. The van der Waals surface area contributed by atoms with Crippen molar-refractivity contribution in [3.63, 3.8) is 0 Å². The van der Waals surface area contributed by atoms with Crippen molar-refractivity contribution in [3.8, 4) is 0 Å². The minimum absolute atomic E-state index is 0. The third-order valence-electron chi connectivity index (χ3n) is 7.32. The van der Waals surface area contributed by atoms with E-state index in [2.05, 4.69) is 30.9 Å². The fourth-order valence-electron chi connectivity index (χ4n) is 5.07. The van der Waals surface area contributed by atoms with E-state index in [1.54, 1.807) is 12.1 Å². The topological polar surface area (TPSA) is 92.3 Å². The van der Waals surface area contributed by atoms with Crippen LogP contribution in [0.4, 0.5) is 5.69 Å². The Labute approximate surface area is 266 Å². The van der Waals surface area contributed by atoms with Gasteiger partial charge in [-0.15, -0.1) is 37.2 Å². The van der Waals surface area contributed by atoms with Gasteiger partial charge in [0.2, 0.25) is 11.8 Å². The largest absolute Gasteiger partial charge is 0.355 e. The quantitative estimate of drug-likeness (QED) is 0.350. The lowest BCUT2D eigenvalue weighted by Gasteiger charge is -2.37. The Morgan fingerprint density at radius 1 is 1.00 bits per heavy atom. The molecule has 0 spiro atoms. The maximum absolute atomic E-state index is 12.4. The molecule has 3 heterocycles. The summed E-state index contributed by atoms with van der Waals surface area (Å²) in [5, 5.41) is 16.6. The van der Waals surface area contributed by atoms with Gasteiger partial charge >= 0.3 is 0 Å². The van der Waals surface area contributed by atoms with Crippen molar-refractivity contribution in [2.45, 2.75) is 32.6 Å². The van der Waals surface area contributed by atoms with Crippen LogP contribution in [0.5, 0.6) is 0 Å². The van der Waals surface area contributed by atoms with Gasteiger partial charge < -0.3 is 20.9 Å². The predicted molar refractivity (Wildman–Crippen MR) is 171 cm³/mol. The Kier molecular flexibility index (Phi) is 17.1. The first-order chi connectivity index (χ1) is 17.9. The summed E-state index contributed by atoms with van der Waals surface area (Å²) < 4.78 is 0. The number of carbonyl (C=O) groups is 2. The van der Waals surface area contributed by atoms with E-state index in [0.717, 1.165) is 50.9 Å². The van der Waals surface area contributed by atoms with Crippen LogP contribution >= 0.6 is 60.4 Å². The molecule has 0 saturated carbocycles. The van der Waals surface area contributed by atoms with Gasteiger partial charge in [0.05, 0.1) is 28.8 Å². The Morgan fingerprint density at radius 2 is 1.68 bits per heavy atom. The normalized spacial score (nSPS) is 20.0. The van der Waals surface area contributed by atoms with Crippen molar-refractivity contribution in [1.29, 1.82) is 0 Å². The minimum Gasteiger partial charge on any atom is -0.355 e. The second-order valence-electron chi connectivity index (χ2n) is 10.3. The number of nitrogens with one attached hydrogen (secondary N) is 3. The highest BCUT2D eigenvalue weighted by atomic mass is 35.5. The zero-order chi connectivity index (χ0) is 26.2. The maximum atomic E-state index is 12.4. The van der Waals surface area contributed by atoms with Crippen LogP contribution in [-0.2, 0) is 9.59 Å². The molecular weight excluding hydrogens is 620 g/mol. The molecule has 0 aliphatic carbocycles. The molecular formula is C26H42Cl5N7O2. The number of anilines is 1. The third-order valence-corrected chi connectivity index (χ3v) is 8.06. The molecule has 2 amide bonds. The van der Waals surface area contributed by atoms with Gasteiger partial charge in [0, 0.05) is 51.6 Å². The van der Waals surface area contributed by atoms with Gasteiger partial charge in [-0.1, -0.05) is 30.1 Å². The smallest absolute Gasteiger partial charge is 0.234 e. The van der Waals surface area contributed by atoms with Crippen LogP contribution in [0.15, 0.2) is 23.3 Å². The Bertz CT molecular complexity index is 973. The average molecular weight is 662 g/mol. The summed E-state index contributed by atoms with van der Waals surface area (Å²) in [6, 6.07) is 5.36. The first kappa shape index (κ1) is 37.0. The molecule has 0 bridgehead atoms. The summed E-state index contributed by atoms with van der Waals surface area (Å²) in [7, 11) is 0. The van der Waals surface area contributed by atoms with Crippen molar-refractivity contribution in [2.24, 2.45) is 16.9 Å². The molecule has 1 aromatic rings. The first-order valence-electron chi connectivity index (χ1n) is 13.4. The molecule has 1 unspecified atom stereocenters. The molecule has 3 aliphatic rings. The van der Waals surface area contributed by atoms with E-state index in [4.69, 9.17) is 23.2 Å². The second-order valence-corrected chi connectivity index (χ2v) is 11.2. The zero-order valence-electron chi connectivity index (χ0n) is 22.9. The van der Waals surface area contributed by atoms with Gasteiger partial charge in [-0.3, -0.25) is 19.5 Å². The molecule has 0 radical (unpaired) electrons. The molecule has 14 heteroatoms. The van der Waals surface area contributed by atoms with E-state index in [9.17, 15) is 9.59 Å². The van der Waals surface area contributed by atoms with Gasteiger partial charge in [0.1, 0.15) is 5.84 Å². The van der Waals surface area contributed by atoms with Crippen LogP contribution < -0.4 is 21.0 Å². The highest BCUT2D eigenvalue weighted by Gasteiger charge is 2.26. The number of piperazine rings is 1. The van der Waals surface area contributed by atoms with E-state index in [1.165, 1.54) is 19.4 Å². The monoisotopic (exact) mass is 659 g/mol. The average Bonchev–Trinajstić information content (AvgIpc) is 3.25. The van der Waals surface area contributed by atoms with Crippen LogP contribution in [0.2, 0.25) is 10.0 Å². The number of rotatable bonds is 9. The molecule has 228 valence electrons. The fraction of sp³-hybridized carbons (Fsp3) is 0.654. The summed E-state index contributed by atoms with van der Waals surface area (Å²) in [6.07, 6.45) is 3.45. The highest BCUT2D eigenvalue weighted by molar-refractivity contribution is 6.42. The summed E-state index contributed by atoms with van der Waals surface area (Å²) in [4.78, 5) is 29.6. The number of halogens is 5. The van der Waals surface area contributed by atoms with E-state index in [1.807, 2.05) is 18.0 Å². The number of piperidine rings is 1. The number of nitrogens with zero attached hydrogens (tertiary/aromatic N) is 4. The molecule has 4 rings (SSSR count). The molecule has 40 heavy (non-hydrogen) atoms. The standard InChI is InChI=1S/C26H39Cl2N7O2.3ClH/c1-19-16-35(21-4-5-22(27)23(28)15-21)32-26(19)31-24(36)3-2-8-30-25(37)18-34-13-11-33(12-14-34)17-20-6-9-29-10-7-20;;;/h4-5,15,19-20,29H,2-3,6-14,16-18H2,1H3,(H,30,37)(H,31,32,36);3*1H. The number of hydrogen-bond acceptors (Lipinski definition) is 7. The van der Waals surface area contributed by atoms with Gasteiger partial charge in [-0.2, -0.15) is 5.10 Å². The van der Waals surface area contributed by atoms with E-state index in [-0.39, 0.29) is 55.0 Å². The van der Waals surface area contributed by atoms with Crippen molar-refractivity contribution in [1.82, 2.24) is 25.8 Å². The number of hydrazone groups is 1. The minimum atomic E-state index is -0.0966. The molecule has 1 atom stereocenters. The third kappa shape index (κ3) is 11.3. The van der Waals surface area contributed by atoms with Crippen molar-refractivity contribution < 1.29 is 9.59 Å². The summed E-state index contributed by atoms with van der Waals surface area (Å²) in [5.41, 5.74) is 0.830. The van der Waals surface area contributed by atoms with Gasteiger partial charge in [-0.25, -0.2) is 0 Å². The number of benzene rings is 1. The Hall–Kier alpha value is -1.04. The van der Waals surface area contributed by atoms with Gasteiger partial charge in [0.25, 0.3) is 0 Å². The van der Waals surface area contributed by atoms with Crippen LogP contribution in [-0.4, -0.2) is 92.9 Å².